The van der Waals surface area contributed by atoms with E-state index >= 15 is 0 Å². The highest BCUT2D eigenvalue weighted by Crippen LogP contribution is 2.40. The quantitative estimate of drug-likeness (QED) is 0.563. The number of allylic oxidation sites excluding steroid dienone is 1. The average molecular weight is 383 g/mol. The summed E-state index contributed by atoms with van der Waals surface area (Å²) in [6.07, 6.45) is 4.23. The van der Waals surface area contributed by atoms with E-state index in [2.05, 4.69) is 68.8 Å². The summed E-state index contributed by atoms with van der Waals surface area (Å²) in [4.78, 5) is 7.04. The smallest absolute Gasteiger partial charge is 0.137 e. The predicted octanol–water partition coefficient (Wildman–Crippen LogP) is 6.51. The predicted molar refractivity (Wildman–Crippen MR) is 117 cm³/mol. The molecule has 0 atom stereocenters. The molecule has 2 aromatic carbocycles. The van der Waals surface area contributed by atoms with Crippen LogP contribution in [0.25, 0.3) is 5.57 Å². The molecule has 0 amide bonds. The van der Waals surface area contributed by atoms with E-state index < -0.39 is 0 Å². The summed E-state index contributed by atoms with van der Waals surface area (Å²) in [5.74, 6) is 0.654. The summed E-state index contributed by atoms with van der Waals surface area (Å²) in [6.45, 7) is 11.2. The van der Waals surface area contributed by atoms with E-state index in [9.17, 15) is 0 Å². The number of ether oxygens (including phenoxy) is 1. The second-order valence-corrected chi connectivity index (χ2v) is 8.21. The van der Waals surface area contributed by atoms with E-state index in [1.165, 1.54) is 16.8 Å². The lowest BCUT2D eigenvalue weighted by molar-refractivity contribution is 0.415. The Bertz CT molecular complexity index is 913. The van der Waals surface area contributed by atoms with Gasteiger partial charge in [-0.25, -0.2) is 0 Å². The van der Waals surface area contributed by atoms with E-state index in [0.29, 0.717) is 16.8 Å². The molecule has 27 heavy (non-hydrogen) atoms. The first-order chi connectivity index (χ1) is 12.7. The van der Waals surface area contributed by atoms with Gasteiger partial charge in [0, 0.05) is 23.5 Å². The molecule has 0 bridgehead atoms. The minimum atomic E-state index is 0.000694. The fourth-order valence-electron chi connectivity index (χ4n) is 3.98. The van der Waals surface area contributed by atoms with Gasteiger partial charge in [0.2, 0.25) is 0 Å². The molecule has 1 aliphatic heterocycles. The number of hydrogen-bond acceptors (Lipinski definition) is 3. The largest absolute Gasteiger partial charge is 0.495 e. The van der Waals surface area contributed by atoms with Gasteiger partial charge in [0.1, 0.15) is 5.75 Å². The normalized spacial score (nSPS) is 15.9. The molecule has 0 N–H and O–H groups in total. The Hall–Kier alpha value is -2.26. The highest BCUT2D eigenvalue weighted by Gasteiger charge is 2.32. The van der Waals surface area contributed by atoms with E-state index in [0.717, 1.165) is 11.3 Å². The number of methoxy groups -OCH3 is 1. The lowest BCUT2D eigenvalue weighted by Crippen LogP contribution is -2.49. The standard InChI is InChI=1S/C23H27ClN2O/c1-15(2)26-21-9-7-17(11-19(21)16(3)13-23(26,4)5)14-25-18-8-10-22(27-6)20(24)12-18/h7-15H,1-6H3. The van der Waals surface area contributed by atoms with Gasteiger partial charge in [0.15, 0.2) is 0 Å². The molecule has 3 nitrogen and oxygen atoms in total. The fourth-order valence-corrected chi connectivity index (χ4v) is 4.23. The number of fused-ring (bicyclic) bond motifs is 1. The second-order valence-electron chi connectivity index (χ2n) is 7.80. The van der Waals surface area contributed by atoms with Crippen LogP contribution in [0.2, 0.25) is 5.02 Å². The molecule has 1 aliphatic rings. The van der Waals surface area contributed by atoms with Gasteiger partial charge in [-0.15, -0.1) is 0 Å². The molecule has 0 aliphatic carbocycles. The van der Waals surface area contributed by atoms with Crippen LogP contribution in [-0.2, 0) is 0 Å². The van der Waals surface area contributed by atoms with Crippen LogP contribution >= 0.6 is 11.6 Å². The van der Waals surface area contributed by atoms with Gasteiger partial charge in [-0.1, -0.05) is 23.7 Å². The topological polar surface area (TPSA) is 24.8 Å². The van der Waals surface area contributed by atoms with Crippen LogP contribution in [0.15, 0.2) is 47.5 Å². The van der Waals surface area contributed by atoms with Gasteiger partial charge >= 0.3 is 0 Å². The summed E-state index contributed by atoms with van der Waals surface area (Å²) in [5.41, 5.74) is 5.71. The Morgan fingerprint density at radius 2 is 1.89 bits per heavy atom. The van der Waals surface area contributed by atoms with Crippen LogP contribution in [-0.4, -0.2) is 24.9 Å². The van der Waals surface area contributed by atoms with E-state index in [-0.39, 0.29) is 5.54 Å². The SMILES string of the molecule is COc1ccc(N=Cc2ccc3c(c2)C(C)=CC(C)(C)N3C(C)C)cc1Cl. The van der Waals surface area contributed by atoms with Gasteiger partial charge in [-0.2, -0.15) is 0 Å². The van der Waals surface area contributed by atoms with Crippen molar-refractivity contribution in [1.82, 2.24) is 0 Å². The zero-order valence-electron chi connectivity index (χ0n) is 16.9. The number of nitrogens with zero attached hydrogens (tertiary/aromatic N) is 2. The van der Waals surface area contributed by atoms with Gasteiger partial charge in [-0.3, -0.25) is 4.99 Å². The Labute approximate surface area is 167 Å². The van der Waals surface area contributed by atoms with Crippen molar-refractivity contribution in [1.29, 1.82) is 0 Å². The molecular weight excluding hydrogens is 356 g/mol. The number of hydrogen-bond donors (Lipinski definition) is 0. The molecule has 4 heteroatoms. The van der Waals surface area contributed by atoms with Gasteiger partial charge < -0.3 is 9.64 Å². The zero-order chi connectivity index (χ0) is 19.8. The van der Waals surface area contributed by atoms with Gasteiger partial charge in [0.25, 0.3) is 0 Å². The molecule has 142 valence electrons. The molecule has 0 unspecified atom stereocenters. The molecule has 0 spiro atoms. The maximum atomic E-state index is 6.19. The zero-order valence-corrected chi connectivity index (χ0v) is 17.6. The molecule has 3 rings (SSSR count). The summed E-state index contributed by atoms with van der Waals surface area (Å²) in [7, 11) is 1.61. The minimum absolute atomic E-state index is 0.000694. The fraction of sp³-hybridized carbons (Fsp3) is 0.348. The highest BCUT2D eigenvalue weighted by molar-refractivity contribution is 6.32. The Kier molecular flexibility index (Phi) is 5.34. The van der Waals surface area contributed by atoms with Gasteiger partial charge in [0.05, 0.1) is 23.4 Å². The molecule has 1 heterocycles. The number of halogens is 1. The third-order valence-corrected chi connectivity index (χ3v) is 5.21. The molecular formula is C23H27ClN2O. The maximum Gasteiger partial charge on any atom is 0.137 e. The Morgan fingerprint density at radius 1 is 1.15 bits per heavy atom. The van der Waals surface area contributed by atoms with Crippen molar-refractivity contribution in [3.63, 3.8) is 0 Å². The van der Waals surface area contributed by atoms with E-state index in [4.69, 9.17) is 16.3 Å². The van der Waals surface area contributed by atoms with Crippen LogP contribution in [0.3, 0.4) is 0 Å². The van der Waals surface area contributed by atoms with Gasteiger partial charge in [-0.05, 0) is 76.1 Å². The highest BCUT2D eigenvalue weighted by atomic mass is 35.5. The van der Waals surface area contributed by atoms with Crippen molar-refractivity contribution in [2.45, 2.75) is 46.2 Å². The van der Waals surface area contributed by atoms with Crippen molar-refractivity contribution >= 4 is 34.8 Å². The molecule has 0 saturated carbocycles. The Morgan fingerprint density at radius 3 is 2.52 bits per heavy atom. The first kappa shape index (κ1) is 19.5. The molecule has 0 saturated heterocycles. The van der Waals surface area contributed by atoms with Crippen LogP contribution in [0.4, 0.5) is 11.4 Å². The average Bonchev–Trinajstić information content (AvgIpc) is 2.59. The third kappa shape index (κ3) is 3.89. The summed E-state index contributed by atoms with van der Waals surface area (Å²) < 4.78 is 5.19. The number of aliphatic imine (C=N–C) groups is 1. The second kappa shape index (κ2) is 7.40. The van der Waals surface area contributed by atoms with Crippen molar-refractivity contribution in [2.75, 3.05) is 12.0 Å². The van der Waals surface area contributed by atoms with Crippen LogP contribution in [0, 0.1) is 0 Å². The first-order valence-electron chi connectivity index (χ1n) is 9.24. The summed E-state index contributed by atoms with van der Waals surface area (Å²) in [6, 6.07) is 12.5. The lowest BCUT2D eigenvalue weighted by atomic mass is 9.87. The first-order valence-corrected chi connectivity index (χ1v) is 9.61. The number of benzene rings is 2. The van der Waals surface area contributed by atoms with E-state index in [1.807, 2.05) is 24.4 Å². The lowest BCUT2D eigenvalue weighted by Gasteiger charge is -2.46. The van der Waals surface area contributed by atoms with Crippen molar-refractivity contribution in [3.05, 3.63) is 58.6 Å². The molecule has 0 fully saturated rings. The number of anilines is 1. The van der Waals surface area contributed by atoms with Crippen LogP contribution in [0.5, 0.6) is 5.75 Å². The van der Waals surface area contributed by atoms with Crippen molar-refractivity contribution in [2.24, 2.45) is 4.99 Å². The molecule has 0 aromatic heterocycles. The summed E-state index contributed by atoms with van der Waals surface area (Å²) >= 11 is 6.19. The van der Waals surface area contributed by atoms with Crippen LogP contribution < -0.4 is 9.64 Å². The van der Waals surface area contributed by atoms with Crippen LogP contribution in [0.1, 0.15) is 45.7 Å². The third-order valence-electron chi connectivity index (χ3n) is 4.91. The van der Waals surface area contributed by atoms with E-state index in [1.54, 1.807) is 7.11 Å². The Balaban J connectivity index is 1.94. The van der Waals surface area contributed by atoms with Crippen molar-refractivity contribution < 1.29 is 4.74 Å². The molecule has 2 aromatic rings. The number of rotatable bonds is 4. The molecule has 0 radical (unpaired) electrons. The van der Waals surface area contributed by atoms with Crippen molar-refractivity contribution in [3.8, 4) is 5.75 Å². The minimum Gasteiger partial charge on any atom is -0.495 e. The maximum absolute atomic E-state index is 6.19. The monoisotopic (exact) mass is 382 g/mol. The summed E-state index contributed by atoms with van der Waals surface area (Å²) in [5, 5.41) is 0.561.